The number of aromatic nitrogens is 4. The second-order valence-corrected chi connectivity index (χ2v) is 6.29. The van der Waals surface area contributed by atoms with E-state index in [1.165, 1.54) is 11.9 Å². The van der Waals surface area contributed by atoms with Gasteiger partial charge in [0, 0.05) is 5.56 Å². The van der Waals surface area contributed by atoms with E-state index in [0.717, 1.165) is 35.1 Å². The van der Waals surface area contributed by atoms with Crippen molar-refractivity contribution in [2.45, 2.75) is 46.1 Å². The molecular formula is C18H23N5. The van der Waals surface area contributed by atoms with Crippen molar-refractivity contribution in [2.75, 3.05) is 5.73 Å². The Balaban J connectivity index is 2.36. The molecule has 0 aliphatic rings. The van der Waals surface area contributed by atoms with Crippen LogP contribution in [0.5, 0.6) is 0 Å². The van der Waals surface area contributed by atoms with Crippen molar-refractivity contribution in [3.8, 4) is 11.3 Å². The Morgan fingerprint density at radius 3 is 2.57 bits per heavy atom. The van der Waals surface area contributed by atoms with Gasteiger partial charge in [0.2, 0.25) is 0 Å². The summed E-state index contributed by atoms with van der Waals surface area (Å²) in [6.45, 7) is 8.63. The number of nitrogens with two attached hydrogens (primary N) is 1. The van der Waals surface area contributed by atoms with Gasteiger partial charge in [0.15, 0.2) is 5.65 Å². The standard InChI is InChI=1S/C18H23N5/c1-5-18(4,6-2)23-17-14(16(19)20-11-21-17)15(22-23)13-9-7-8-12(3)10-13/h7-11H,5-6H2,1-4H3,(H2,19,20,21). The quantitative estimate of drug-likeness (QED) is 0.793. The maximum Gasteiger partial charge on any atom is 0.164 e. The molecule has 0 spiro atoms. The number of rotatable bonds is 4. The highest BCUT2D eigenvalue weighted by Gasteiger charge is 2.28. The van der Waals surface area contributed by atoms with Crippen LogP contribution in [0.3, 0.4) is 0 Å². The van der Waals surface area contributed by atoms with Gasteiger partial charge in [0.1, 0.15) is 17.8 Å². The van der Waals surface area contributed by atoms with Gasteiger partial charge in [-0.1, -0.05) is 37.6 Å². The monoisotopic (exact) mass is 309 g/mol. The molecule has 5 nitrogen and oxygen atoms in total. The molecule has 0 atom stereocenters. The van der Waals surface area contributed by atoms with Gasteiger partial charge in [-0.15, -0.1) is 0 Å². The number of nitrogen functional groups attached to an aromatic ring is 1. The molecule has 0 aliphatic heterocycles. The van der Waals surface area contributed by atoms with Crippen molar-refractivity contribution in [3.63, 3.8) is 0 Å². The third-order valence-electron chi connectivity index (χ3n) is 4.82. The molecule has 0 saturated carbocycles. The summed E-state index contributed by atoms with van der Waals surface area (Å²) in [6, 6.07) is 8.29. The predicted octanol–water partition coefficient (Wildman–Crippen LogP) is 3.92. The van der Waals surface area contributed by atoms with Gasteiger partial charge in [0.25, 0.3) is 0 Å². The highest BCUT2D eigenvalue weighted by Crippen LogP contribution is 2.35. The SMILES string of the molecule is CCC(C)(CC)n1nc(-c2cccc(C)c2)c2c(N)ncnc21. The van der Waals surface area contributed by atoms with E-state index in [4.69, 9.17) is 10.8 Å². The first kappa shape index (κ1) is 15.5. The molecule has 0 aliphatic carbocycles. The summed E-state index contributed by atoms with van der Waals surface area (Å²) in [5, 5.41) is 5.75. The summed E-state index contributed by atoms with van der Waals surface area (Å²) in [5.74, 6) is 0.479. The Hall–Kier alpha value is -2.43. The zero-order valence-corrected chi connectivity index (χ0v) is 14.2. The normalized spacial score (nSPS) is 12.0. The number of hydrogen-bond donors (Lipinski definition) is 1. The van der Waals surface area contributed by atoms with Crippen LogP contribution in [0.1, 0.15) is 39.2 Å². The summed E-state index contributed by atoms with van der Waals surface area (Å²) in [7, 11) is 0. The van der Waals surface area contributed by atoms with Crippen LogP contribution in [0.2, 0.25) is 0 Å². The van der Waals surface area contributed by atoms with Gasteiger partial charge < -0.3 is 5.73 Å². The van der Waals surface area contributed by atoms with Gasteiger partial charge in [-0.25, -0.2) is 14.6 Å². The van der Waals surface area contributed by atoms with Crippen molar-refractivity contribution < 1.29 is 0 Å². The van der Waals surface area contributed by atoms with E-state index in [2.05, 4.69) is 55.9 Å². The second-order valence-electron chi connectivity index (χ2n) is 6.29. The Morgan fingerprint density at radius 2 is 1.91 bits per heavy atom. The lowest BCUT2D eigenvalue weighted by atomic mass is 9.96. The highest BCUT2D eigenvalue weighted by atomic mass is 15.3. The summed E-state index contributed by atoms with van der Waals surface area (Å²) < 4.78 is 2.03. The molecule has 0 saturated heterocycles. The maximum atomic E-state index is 6.17. The molecule has 2 aromatic heterocycles. The first-order valence-corrected chi connectivity index (χ1v) is 8.07. The summed E-state index contributed by atoms with van der Waals surface area (Å²) >= 11 is 0. The average Bonchev–Trinajstić information content (AvgIpc) is 2.96. The lowest BCUT2D eigenvalue weighted by Crippen LogP contribution is -2.29. The van der Waals surface area contributed by atoms with E-state index in [1.54, 1.807) is 0 Å². The maximum absolute atomic E-state index is 6.17. The van der Waals surface area contributed by atoms with Crippen LogP contribution >= 0.6 is 0 Å². The van der Waals surface area contributed by atoms with Crippen molar-refractivity contribution in [1.82, 2.24) is 19.7 Å². The van der Waals surface area contributed by atoms with Crippen LogP contribution in [0.25, 0.3) is 22.3 Å². The fourth-order valence-corrected chi connectivity index (χ4v) is 2.89. The Bertz CT molecular complexity index is 846. The van der Waals surface area contributed by atoms with Gasteiger partial charge in [-0.05, 0) is 32.8 Å². The van der Waals surface area contributed by atoms with E-state index in [1.807, 2.05) is 10.7 Å². The first-order chi connectivity index (χ1) is 11.0. The molecule has 5 heteroatoms. The van der Waals surface area contributed by atoms with Gasteiger partial charge in [-0.3, -0.25) is 0 Å². The van der Waals surface area contributed by atoms with E-state index in [0.29, 0.717) is 5.82 Å². The second kappa shape index (κ2) is 5.65. The third kappa shape index (κ3) is 2.46. The molecule has 0 radical (unpaired) electrons. The number of nitrogens with zero attached hydrogens (tertiary/aromatic N) is 4. The van der Waals surface area contributed by atoms with Gasteiger partial charge in [-0.2, -0.15) is 5.10 Å². The first-order valence-electron chi connectivity index (χ1n) is 8.07. The Labute approximate surface area is 136 Å². The van der Waals surface area contributed by atoms with Crippen molar-refractivity contribution in [2.24, 2.45) is 0 Å². The van der Waals surface area contributed by atoms with Crippen LogP contribution in [0.15, 0.2) is 30.6 Å². The molecule has 0 amide bonds. The molecule has 0 unspecified atom stereocenters. The number of anilines is 1. The molecule has 23 heavy (non-hydrogen) atoms. The molecule has 2 N–H and O–H groups in total. The molecule has 2 heterocycles. The summed E-state index contributed by atoms with van der Waals surface area (Å²) in [5.41, 5.74) is 9.97. The topological polar surface area (TPSA) is 69.6 Å². The lowest BCUT2D eigenvalue weighted by Gasteiger charge is -2.27. The molecule has 0 bridgehead atoms. The van der Waals surface area contributed by atoms with Crippen LogP contribution in [0, 0.1) is 6.92 Å². The zero-order chi connectivity index (χ0) is 16.6. The number of benzene rings is 1. The molecule has 1 aromatic carbocycles. The molecular weight excluding hydrogens is 286 g/mol. The number of hydrogen-bond acceptors (Lipinski definition) is 4. The Morgan fingerprint density at radius 1 is 1.17 bits per heavy atom. The summed E-state index contributed by atoms with van der Waals surface area (Å²) in [4.78, 5) is 8.66. The highest BCUT2D eigenvalue weighted by molar-refractivity contribution is 5.98. The van der Waals surface area contributed by atoms with Gasteiger partial charge in [0.05, 0.1) is 10.9 Å². The van der Waals surface area contributed by atoms with E-state index < -0.39 is 0 Å². The molecule has 120 valence electrons. The van der Waals surface area contributed by atoms with Crippen LogP contribution in [-0.2, 0) is 5.54 Å². The minimum Gasteiger partial charge on any atom is -0.383 e. The molecule has 3 aromatic rings. The van der Waals surface area contributed by atoms with Crippen molar-refractivity contribution >= 4 is 16.9 Å². The fraction of sp³-hybridized carbons (Fsp3) is 0.389. The fourth-order valence-electron chi connectivity index (χ4n) is 2.89. The third-order valence-corrected chi connectivity index (χ3v) is 4.82. The lowest BCUT2D eigenvalue weighted by molar-refractivity contribution is 0.273. The van der Waals surface area contributed by atoms with E-state index >= 15 is 0 Å². The zero-order valence-electron chi connectivity index (χ0n) is 14.2. The van der Waals surface area contributed by atoms with Crippen molar-refractivity contribution in [3.05, 3.63) is 36.2 Å². The van der Waals surface area contributed by atoms with E-state index in [-0.39, 0.29) is 5.54 Å². The van der Waals surface area contributed by atoms with Crippen LogP contribution in [-0.4, -0.2) is 19.7 Å². The Kier molecular flexibility index (Phi) is 3.80. The van der Waals surface area contributed by atoms with Crippen LogP contribution in [0.4, 0.5) is 5.82 Å². The average molecular weight is 309 g/mol. The largest absolute Gasteiger partial charge is 0.383 e. The van der Waals surface area contributed by atoms with E-state index in [9.17, 15) is 0 Å². The summed E-state index contributed by atoms with van der Waals surface area (Å²) in [6.07, 6.45) is 3.45. The minimum atomic E-state index is -0.0961. The molecule has 3 rings (SSSR count). The smallest absolute Gasteiger partial charge is 0.164 e. The van der Waals surface area contributed by atoms with Crippen molar-refractivity contribution in [1.29, 1.82) is 0 Å². The van der Waals surface area contributed by atoms with Crippen LogP contribution < -0.4 is 5.73 Å². The molecule has 0 fully saturated rings. The number of fused-ring (bicyclic) bond motifs is 1. The number of aryl methyl sites for hydroxylation is 1. The van der Waals surface area contributed by atoms with Gasteiger partial charge >= 0.3 is 0 Å². The minimum absolute atomic E-state index is 0.0961. The predicted molar refractivity (Wildman–Crippen MR) is 94.1 cm³/mol.